The van der Waals surface area contributed by atoms with Gasteiger partial charge in [0.15, 0.2) is 11.6 Å². The highest BCUT2D eigenvalue weighted by atomic mass is 35.5. The maximum Gasteiger partial charge on any atom is 0.271 e. The Morgan fingerprint density at radius 3 is 1.83 bits per heavy atom. The van der Waals surface area contributed by atoms with Gasteiger partial charge in [-0.3, -0.25) is 31.3 Å². The first-order chi connectivity index (χ1) is 17.0. The molecule has 0 bridgehead atoms. The maximum atomic E-state index is 13.2. The Kier molecular flexibility index (Phi) is 7.39. The molecule has 10 heteroatoms. The average molecular weight is 488 g/mol. The second-order valence-corrected chi connectivity index (χ2v) is 7.82. The number of halogens is 1. The molecule has 0 saturated heterocycles. The normalized spacial score (nSPS) is 10.5. The fraction of sp³-hybridized carbons (Fsp3) is 0.0400. The highest BCUT2D eigenvalue weighted by Gasteiger charge is 2.23. The average Bonchev–Trinajstić information content (AvgIpc) is 2.89. The number of benzene rings is 3. The molecule has 0 atom stereocenters. The topological polar surface area (TPSA) is 134 Å². The summed E-state index contributed by atoms with van der Waals surface area (Å²) in [6.45, 7) is 0. The van der Waals surface area contributed by atoms with Gasteiger partial charge in [0.2, 0.25) is 5.91 Å². The number of nitrogens with zero attached hydrogens (tertiary/aromatic N) is 2. The summed E-state index contributed by atoms with van der Waals surface area (Å²) >= 11 is 6.05. The van der Waals surface area contributed by atoms with Crippen molar-refractivity contribution in [2.45, 2.75) is 5.92 Å². The molecule has 4 rings (SSSR count). The molecule has 0 aliphatic rings. The lowest BCUT2D eigenvalue weighted by Gasteiger charge is -2.19. The van der Waals surface area contributed by atoms with Crippen molar-refractivity contribution in [2.24, 2.45) is 0 Å². The van der Waals surface area contributed by atoms with Crippen LogP contribution < -0.4 is 27.4 Å². The summed E-state index contributed by atoms with van der Waals surface area (Å²) in [5.74, 6) is -1.03. The van der Waals surface area contributed by atoms with Crippen LogP contribution in [0, 0.1) is 0 Å². The highest BCUT2D eigenvalue weighted by molar-refractivity contribution is 6.33. The SMILES string of the molecule is Nc1c(NNC(=O)c2ccccc2Cl)ncnc1NNC(=O)C(c1ccccc1)c1ccccc1. The molecule has 0 radical (unpaired) electrons. The van der Waals surface area contributed by atoms with Gasteiger partial charge in [0.05, 0.1) is 16.5 Å². The minimum atomic E-state index is -0.555. The van der Waals surface area contributed by atoms with E-state index in [2.05, 4.69) is 31.7 Å². The fourth-order valence-corrected chi connectivity index (χ4v) is 3.62. The summed E-state index contributed by atoms with van der Waals surface area (Å²) in [4.78, 5) is 33.7. The van der Waals surface area contributed by atoms with Crippen molar-refractivity contribution in [1.82, 2.24) is 20.8 Å². The summed E-state index contributed by atoms with van der Waals surface area (Å²) in [6.07, 6.45) is 1.24. The van der Waals surface area contributed by atoms with E-state index in [0.717, 1.165) is 11.1 Å². The quantitative estimate of drug-likeness (QED) is 0.239. The summed E-state index contributed by atoms with van der Waals surface area (Å²) in [6, 6.07) is 25.5. The summed E-state index contributed by atoms with van der Waals surface area (Å²) in [5.41, 5.74) is 18.7. The smallest absolute Gasteiger partial charge is 0.271 e. The van der Waals surface area contributed by atoms with E-state index in [4.69, 9.17) is 17.3 Å². The van der Waals surface area contributed by atoms with Crippen molar-refractivity contribution in [3.63, 3.8) is 0 Å². The number of carbonyl (C=O) groups excluding carboxylic acids is 2. The molecule has 1 aromatic heterocycles. The zero-order valence-electron chi connectivity index (χ0n) is 18.4. The van der Waals surface area contributed by atoms with Crippen LogP contribution in [0.1, 0.15) is 27.4 Å². The van der Waals surface area contributed by atoms with Crippen LogP contribution in [-0.2, 0) is 4.79 Å². The number of amides is 2. The molecule has 0 fully saturated rings. The fourth-order valence-electron chi connectivity index (χ4n) is 3.40. The van der Waals surface area contributed by atoms with Crippen molar-refractivity contribution in [1.29, 1.82) is 0 Å². The predicted molar refractivity (Wildman–Crippen MR) is 135 cm³/mol. The van der Waals surface area contributed by atoms with Crippen LogP contribution >= 0.6 is 11.6 Å². The first kappa shape index (κ1) is 23.5. The molecule has 4 aromatic rings. The molecular formula is C25H22ClN7O2. The molecule has 0 aliphatic carbocycles. The van der Waals surface area contributed by atoms with Gasteiger partial charge in [-0.2, -0.15) is 0 Å². The van der Waals surface area contributed by atoms with E-state index >= 15 is 0 Å². The van der Waals surface area contributed by atoms with Gasteiger partial charge in [-0.05, 0) is 23.3 Å². The Balaban J connectivity index is 1.45. The molecule has 2 amide bonds. The van der Waals surface area contributed by atoms with Crippen LogP contribution in [0.5, 0.6) is 0 Å². The number of carbonyl (C=O) groups is 2. The van der Waals surface area contributed by atoms with E-state index in [0.29, 0.717) is 5.02 Å². The minimum absolute atomic E-state index is 0.0863. The van der Waals surface area contributed by atoms with Crippen LogP contribution in [0.2, 0.25) is 5.02 Å². The standard InChI is InChI=1S/C25H22ClN7O2/c26-19-14-8-7-13-18(19)24(34)32-30-22-21(27)23(29-15-28-22)31-33-25(35)20(16-9-3-1-4-10-16)17-11-5-2-6-12-17/h1-15,20H,27H2,(H,32,34)(H,33,35)(H2,28,29,30,31). The van der Waals surface area contributed by atoms with Crippen LogP contribution in [-0.4, -0.2) is 21.8 Å². The molecule has 9 nitrogen and oxygen atoms in total. The number of hydrogen-bond donors (Lipinski definition) is 5. The summed E-state index contributed by atoms with van der Waals surface area (Å²) in [7, 11) is 0. The second kappa shape index (κ2) is 11.0. The van der Waals surface area contributed by atoms with Gasteiger partial charge in [0.1, 0.15) is 12.0 Å². The molecule has 0 spiro atoms. The lowest BCUT2D eigenvalue weighted by atomic mass is 9.91. The molecule has 3 aromatic carbocycles. The van der Waals surface area contributed by atoms with E-state index in [1.807, 2.05) is 60.7 Å². The number of aromatic nitrogens is 2. The third-order valence-corrected chi connectivity index (χ3v) is 5.46. The van der Waals surface area contributed by atoms with Crippen LogP contribution in [0.15, 0.2) is 91.3 Å². The Bertz CT molecular complexity index is 1280. The van der Waals surface area contributed by atoms with Crippen molar-refractivity contribution in [2.75, 3.05) is 16.6 Å². The first-order valence-corrected chi connectivity index (χ1v) is 11.0. The van der Waals surface area contributed by atoms with Crippen molar-refractivity contribution in [3.05, 3.63) is 113 Å². The number of hydrazine groups is 2. The number of nitrogen functional groups attached to an aromatic ring is 1. The van der Waals surface area contributed by atoms with Gasteiger partial charge in [-0.25, -0.2) is 9.97 Å². The van der Waals surface area contributed by atoms with E-state index in [-0.39, 0.29) is 28.8 Å². The maximum absolute atomic E-state index is 13.2. The summed E-state index contributed by atoms with van der Waals surface area (Å²) < 4.78 is 0. The van der Waals surface area contributed by atoms with E-state index in [1.54, 1.807) is 24.3 Å². The molecular weight excluding hydrogens is 466 g/mol. The molecule has 35 heavy (non-hydrogen) atoms. The van der Waals surface area contributed by atoms with E-state index in [1.165, 1.54) is 6.33 Å². The van der Waals surface area contributed by atoms with Crippen molar-refractivity contribution >= 4 is 40.7 Å². The predicted octanol–water partition coefficient (Wildman–Crippen LogP) is 3.74. The molecule has 6 N–H and O–H groups in total. The van der Waals surface area contributed by atoms with Crippen LogP contribution in [0.3, 0.4) is 0 Å². The van der Waals surface area contributed by atoms with Gasteiger partial charge in [-0.15, -0.1) is 0 Å². The number of nitrogens with one attached hydrogen (secondary N) is 4. The van der Waals surface area contributed by atoms with Gasteiger partial charge in [-0.1, -0.05) is 84.4 Å². The number of nitrogens with two attached hydrogens (primary N) is 1. The molecule has 0 aliphatic heterocycles. The first-order valence-electron chi connectivity index (χ1n) is 10.6. The largest absolute Gasteiger partial charge is 0.393 e. The van der Waals surface area contributed by atoms with E-state index in [9.17, 15) is 9.59 Å². The Labute approximate surface area is 206 Å². The van der Waals surface area contributed by atoms with Gasteiger partial charge < -0.3 is 5.73 Å². The minimum Gasteiger partial charge on any atom is -0.393 e. The van der Waals surface area contributed by atoms with Gasteiger partial charge in [0.25, 0.3) is 5.91 Å². The Morgan fingerprint density at radius 1 is 0.743 bits per heavy atom. The monoisotopic (exact) mass is 487 g/mol. The number of rotatable bonds is 8. The van der Waals surface area contributed by atoms with Crippen molar-refractivity contribution < 1.29 is 9.59 Å². The Hall–Kier alpha value is -4.63. The highest BCUT2D eigenvalue weighted by Crippen LogP contribution is 2.26. The molecule has 0 saturated carbocycles. The Morgan fingerprint density at radius 2 is 1.26 bits per heavy atom. The second-order valence-electron chi connectivity index (χ2n) is 7.41. The van der Waals surface area contributed by atoms with Crippen molar-refractivity contribution in [3.8, 4) is 0 Å². The number of anilines is 3. The third-order valence-electron chi connectivity index (χ3n) is 5.13. The van der Waals surface area contributed by atoms with E-state index < -0.39 is 11.8 Å². The van der Waals surface area contributed by atoms with Gasteiger partial charge >= 0.3 is 0 Å². The van der Waals surface area contributed by atoms with Crippen LogP contribution in [0.25, 0.3) is 0 Å². The zero-order valence-corrected chi connectivity index (χ0v) is 19.2. The molecule has 176 valence electrons. The lowest BCUT2D eigenvalue weighted by Crippen LogP contribution is -2.35. The zero-order chi connectivity index (χ0) is 24.6. The van der Waals surface area contributed by atoms with Crippen LogP contribution in [0.4, 0.5) is 17.3 Å². The lowest BCUT2D eigenvalue weighted by molar-refractivity contribution is -0.121. The van der Waals surface area contributed by atoms with Gasteiger partial charge in [0, 0.05) is 0 Å². The molecule has 1 heterocycles. The summed E-state index contributed by atoms with van der Waals surface area (Å²) in [5, 5.41) is 0.305. The molecule has 0 unspecified atom stereocenters. The number of hydrogen-bond acceptors (Lipinski definition) is 7. The third kappa shape index (κ3) is 5.66.